The van der Waals surface area contributed by atoms with Crippen molar-refractivity contribution in [3.05, 3.63) is 51.1 Å². The van der Waals surface area contributed by atoms with Crippen molar-refractivity contribution in [2.75, 3.05) is 0 Å². The first-order chi connectivity index (χ1) is 8.99. The molecule has 0 amide bonds. The van der Waals surface area contributed by atoms with E-state index in [0.717, 1.165) is 27.1 Å². The van der Waals surface area contributed by atoms with Gasteiger partial charge < -0.3 is 9.84 Å². The van der Waals surface area contributed by atoms with Crippen molar-refractivity contribution in [3.8, 4) is 0 Å². The van der Waals surface area contributed by atoms with E-state index < -0.39 is 0 Å². The van der Waals surface area contributed by atoms with Crippen LogP contribution in [-0.4, -0.2) is 5.16 Å². The van der Waals surface area contributed by atoms with Gasteiger partial charge in [0.2, 0.25) is 0 Å². The third-order valence-electron chi connectivity index (χ3n) is 3.13. The minimum atomic E-state index is -0.231. The van der Waals surface area contributed by atoms with Crippen LogP contribution in [0.3, 0.4) is 0 Å². The van der Waals surface area contributed by atoms with Crippen molar-refractivity contribution in [1.29, 1.82) is 0 Å². The minimum Gasteiger partial charge on any atom is -0.361 e. The van der Waals surface area contributed by atoms with E-state index in [-0.39, 0.29) is 11.9 Å². The third kappa shape index (κ3) is 3.22. The van der Waals surface area contributed by atoms with Crippen molar-refractivity contribution in [1.82, 2.24) is 10.5 Å². The highest BCUT2D eigenvalue weighted by Gasteiger charge is 2.16. The molecule has 1 aromatic carbocycles. The van der Waals surface area contributed by atoms with Gasteiger partial charge in [0, 0.05) is 22.6 Å². The molecule has 0 bridgehead atoms. The van der Waals surface area contributed by atoms with Crippen LogP contribution in [-0.2, 0) is 6.54 Å². The Labute approximate surface area is 120 Å². The topological polar surface area (TPSA) is 38.1 Å². The molecule has 2 aromatic rings. The zero-order valence-corrected chi connectivity index (χ0v) is 12.7. The normalized spacial score (nSPS) is 12.7. The van der Waals surface area contributed by atoms with E-state index in [0.29, 0.717) is 6.54 Å². The molecule has 0 spiro atoms. The van der Waals surface area contributed by atoms with E-state index in [2.05, 4.69) is 26.4 Å². The van der Waals surface area contributed by atoms with Gasteiger partial charge in [0.25, 0.3) is 0 Å². The Balaban J connectivity index is 2.08. The molecule has 2 rings (SSSR count). The number of nitrogens with one attached hydrogen (secondary N) is 1. The van der Waals surface area contributed by atoms with Gasteiger partial charge in [-0.05, 0) is 44.5 Å². The molecular weight excluding hydrogens is 311 g/mol. The smallest absolute Gasteiger partial charge is 0.138 e. The monoisotopic (exact) mass is 326 g/mol. The quantitative estimate of drug-likeness (QED) is 0.921. The van der Waals surface area contributed by atoms with Crippen LogP contribution in [0.1, 0.15) is 35.5 Å². The molecule has 0 aliphatic heterocycles. The second-order valence-electron chi connectivity index (χ2n) is 4.58. The van der Waals surface area contributed by atoms with Gasteiger partial charge in [-0.25, -0.2) is 4.39 Å². The number of benzene rings is 1. The molecule has 0 radical (unpaired) electrons. The SMILES string of the molecule is Cc1noc(C)c1C(C)NCc1cc(F)ccc1Br. The molecule has 0 aliphatic rings. The molecule has 102 valence electrons. The molecule has 0 saturated heterocycles. The van der Waals surface area contributed by atoms with Crippen LogP contribution in [0.4, 0.5) is 4.39 Å². The molecule has 1 unspecified atom stereocenters. The summed E-state index contributed by atoms with van der Waals surface area (Å²) in [5.74, 6) is 0.584. The summed E-state index contributed by atoms with van der Waals surface area (Å²) >= 11 is 3.42. The zero-order chi connectivity index (χ0) is 14.0. The van der Waals surface area contributed by atoms with Crippen molar-refractivity contribution in [2.45, 2.75) is 33.4 Å². The Morgan fingerprint density at radius 3 is 2.79 bits per heavy atom. The van der Waals surface area contributed by atoms with Gasteiger partial charge in [0.1, 0.15) is 11.6 Å². The van der Waals surface area contributed by atoms with Gasteiger partial charge >= 0.3 is 0 Å². The summed E-state index contributed by atoms with van der Waals surface area (Å²) in [4.78, 5) is 0. The molecule has 1 aromatic heterocycles. The number of halogens is 2. The van der Waals surface area contributed by atoms with E-state index in [1.165, 1.54) is 12.1 Å². The number of hydrogen-bond acceptors (Lipinski definition) is 3. The molecule has 5 heteroatoms. The predicted octanol–water partition coefficient (Wildman–Crippen LogP) is 4.04. The average Bonchev–Trinajstić information content (AvgIpc) is 2.70. The number of hydrogen-bond donors (Lipinski definition) is 1. The van der Waals surface area contributed by atoms with E-state index >= 15 is 0 Å². The van der Waals surface area contributed by atoms with Crippen LogP contribution in [0.5, 0.6) is 0 Å². The summed E-state index contributed by atoms with van der Waals surface area (Å²) in [6.07, 6.45) is 0. The predicted molar refractivity (Wildman–Crippen MR) is 75.3 cm³/mol. The van der Waals surface area contributed by atoms with Gasteiger partial charge in [-0.2, -0.15) is 0 Å². The fourth-order valence-corrected chi connectivity index (χ4v) is 2.54. The highest BCUT2D eigenvalue weighted by Crippen LogP contribution is 2.23. The highest BCUT2D eigenvalue weighted by molar-refractivity contribution is 9.10. The summed E-state index contributed by atoms with van der Waals surface area (Å²) in [5.41, 5.74) is 2.84. The molecular formula is C14H16BrFN2O. The molecule has 0 fully saturated rings. The summed E-state index contributed by atoms with van der Waals surface area (Å²) in [6, 6.07) is 4.77. The van der Waals surface area contributed by atoms with Crippen LogP contribution >= 0.6 is 15.9 Å². The van der Waals surface area contributed by atoms with Gasteiger partial charge in [-0.3, -0.25) is 0 Å². The van der Waals surface area contributed by atoms with Crippen LogP contribution in [0, 0.1) is 19.7 Å². The van der Waals surface area contributed by atoms with Gasteiger partial charge in [0.05, 0.1) is 5.69 Å². The Kier molecular flexibility index (Phi) is 4.37. The van der Waals surface area contributed by atoms with Gasteiger partial charge in [-0.1, -0.05) is 21.1 Å². The van der Waals surface area contributed by atoms with E-state index in [4.69, 9.17) is 4.52 Å². The maximum Gasteiger partial charge on any atom is 0.138 e. The minimum absolute atomic E-state index is 0.0985. The molecule has 1 heterocycles. The summed E-state index contributed by atoms with van der Waals surface area (Å²) in [7, 11) is 0. The van der Waals surface area contributed by atoms with Crippen LogP contribution in [0.2, 0.25) is 0 Å². The number of aromatic nitrogens is 1. The van der Waals surface area contributed by atoms with E-state index in [1.807, 2.05) is 20.8 Å². The highest BCUT2D eigenvalue weighted by atomic mass is 79.9. The lowest BCUT2D eigenvalue weighted by atomic mass is 10.1. The molecule has 19 heavy (non-hydrogen) atoms. The number of rotatable bonds is 4. The Morgan fingerprint density at radius 1 is 1.42 bits per heavy atom. The first-order valence-corrected chi connectivity index (χ1v) is 6.88. The second-order valence-corrected chi connectivity index (χ2v) is 5.43. The Bertz CT molecular complexity index is 563. The lowest BCUT2D eigenvalue weighted by molar-refractivity contribution is 0.390. The third-order valence-corrected chi connectivity index (χ3v) is 3.90. The summed E-state index contributed by atoms with van der Waals surface area (Å²) in [6.45, 7) is 6.43. The maximum atomic E-state index is 13.2. The van der Waals surface area contributed by atoms with E-state index in [1.54, 1.807) is 6.07 Å². The molecule has 1 N–H and O–H groups in total. The molecule has 0 saturated carbocycles. The summed E-state index contributed by atoms with van der Waals surface area (Å²) in [5, 5.41) is 7.29. The Hall–Kier alpha value is -1.20. The van der Waals surface area contributed by atoms with E-state index in [9.17, 15) is 4.39 Å². The van der Waals surface area contributed by atoms with Crippen molar-refractivity contribution in [3.63, 3.8) is 0 Å². The number of aryl methyl sites for hydroxylation is 2. The zero-order valence-electron chi connectivity index (χ0n) is 11.1. The average molecular weight is 327 g/mol. The lowest BCUT2D eigenvalue weighted by Gasteiger charge is -2.14. The molecule has 3 nitrogen and oxygen atoms in total. The fraction of sp³-hybridized carbons (Fsp3) is 0.357. The standard InChI is InChI=1S/C14H16BrFN2O/c1-8(14-9(2)18-19-10(14)3)17-7-11-6-12(16)4-5-13(11)15/h4-6,8,17H,7H2,1-3H3. The lowest BCUT2D eigenvalue weighted by Crippen LogP contribution is -2.19. The van der Waals surface area contributed by atoms with Crippen LogP contribution < -0.4 is 5.32 Å². The molecule has 0 aliphatic carbocycles. The van der Waals surface area contributed by atoms with Gasteiger partial charge in [0.15, 0.2) is 0 Å². The second kappa shape index (κ2) is 5.84. The van der Waals surface area contributed by atoms with Crippen molar-refractivity contribution >= 4 is 15.9 Å². The maximum absolute atomic E-state index is 13.2. The van der Waals surface area contributed by atoms with Gasteiger partial charge in [-0.15, -0.1) is 0 Å². The number of nitrogens with zero attached hydrogens (tertiary/aromatic N) is 1. The van der Waals surface area contributed by atoms with Crippen LogP contribution in [0.25, 0.3) is 0 Å². The van der Waals surface area contributed by atoms with Crippen molar-refractivity contribution in [2.24, 2.45) is 0 Å². The fourth-order valence-electron chi connectivity index (χ4n) is 2.15. The summed E-state index contributed by atoms with van der Waals surface area (Å²) < 4.78 is 19.2. The van der Waals surface area contributed by atoms with Crippen LogP contribution in [0.15, 0.2) is 27.2 Å². The van der Waals surface area contributed by atoms with Crippen molar-refractivity contribution < 1.29 is 8.91 Å². The largest absolute Gasteiger partial charge is 0.361 e. The first-order valence-electron chi connectivity index (χ1n) is 6.09. The molecule has 1 atom stereocenters. The first kappa shape index (κ1) is 14.2. The Morgan fingerprint density at radius 2 is 2.16 bits per heavy atom.